The van der Waals surface area contributed by atoms with Crippen molar-refractivity contribution in [1.82, 2.24) is 0 Å². The summed E-state index contributed by atoms with van der Waals surface area (Å²) in [5.74, 6) is 0.324. The number of aryl methyl sites for hydroxylation is 1. The summed E-state index contributed by atoms with van der Waals surface area (Å²) >= 11 is 6.24. The summed E-state index contributed by atoms with van der Waals surface area (Å²) in [7, 11) is 0. The summed E-state index contributed by atoms with van der Waals surface area (Å²) < 4.78 is 6.24. The number of anilines is 2. The van der Waals surface area contributed by atoms with Gasteiger partial charge in [-0.1, -0.05) is 41.9 Å². The Morgan fingerprint density at radius 1 is 1.12 bits per heavy atom. The molecule has 2 heterocycles. The Labute approximate surface area is 187 Å². The summed E-state index contributed by atoms with van der Waals surface area (Å²) in [5, 5.41) is 12.2. The number of nitrogens with zero attached hydrogens (tertiary/aromatic N) is 3. The molecule has 0 fully saturated rings. The zero-order chi connectivity index (χ0) is 22.4. The van der Waals surface area contributed by atoms with Gasteiger partial charge in [0.1, 0.15) is 11.1 Å². The van der Waals surface area contributed by atoms with Gasteiger partial charge in [-0.05, 0) is 36.2 Å². The number of nitro benzene ring substituents is 1. The second kappa shape index (κ2) is 7.62. The quantitative estimate of drug-likeness (QED) is 0.282. The lowest BCUT2D eigenvalue weighted by molar-refractivity contribution is -0.384. The smallest absolute Gasteiger partial charge is 0.271 e. The molecule has 0 radical (unpaired) electrons. The molecule has 5 rings (SSSR count). The molecule has 0 aliphatic carbocycles. The maximum absolute atomic E-state index is 13.5. The average molecular weight is 446 g/mol. The fourth-order valence-corrected chi connectivity index (χ4v) is 4.01. The molecule has 0 unspecified atom stereocenters. The summed E-state index contributed by atoms with van der Waals surface area (Å²) in [4.78, 5) is 30.5. The van der Waals surface area contributed by atoms with Gasteiger partial charge in [-0.15, -0.1) is 0 Å². The lowest BCUT2D eigenvalue weighted by atomic mass is 10.1. The van der Waals surface area contributed by atoms with Crippen LogP contribution in [0.4, 0.5) is 22.9 Å². The Kier molecular flexibility index (Phi) is 4.75. The molecule has 3 aromatic carbocycles. The Bertz CT molecular complexity index is 1480. The highest BCUT2D eigenvalue weighted by molar-refractivity contribution is 6.32. The van der Waals surface area contributed by atoms with Crippen molar-refractivity contribution >= 4 is 51.7 Å². The van der Waals surface area contributed by atoms with E-state index in [-0.39, 0.29) is 16.7 Å². The maximum Gasteiger partial charge on any atom is 0.271 e. The van der Waals surface area contributed by atoms with Crippen LogP contribution in [0.1, 0.15) is 16.7 Å². The minimum Gasteiger partial charge on any atom is -0.439 e. The first-order valence-electron chi connectivity index (χ1n) is 9.84. The number of fused-ring (bicyclic) bond motifs is 3. The molecule has 1 aromatic heterocycles. The predicted octanol–water partition coefficient (Wildman–Crippen LogP) is 6.07. The van der Waals surface area contributed by atoms with Crippen LogP contribution in [0, 0.1) is 17.0 Å². The first kappa shape index (κ1) is 20.0. The Morgan fingerprint density at radius 2 is 1.91 bits per heavy atom. The summed E-state index contributed by atoms with van der Waals surface area (Å²) in [6, 6.07) is 17.5. The van der Waals surface area contributed by atoms with Crippen molar-refractivity contribution in [3.05, 3.63) is 103 Å². The van der Waals surface area contributed by atoms with Gasteiger partial charge in [0.15, 0.2) is 0 Å². The molecule has 0 spiro atoms. The van der Waals surface area contributed by atoms with Crippen LogP contribution < -0.4 is 10.3 Å². The lowest BCUT2D eigenvalue weighted by Crippen LogP contribution is -2.21. The van der Waals surface area contributed by atoms with Crippen LogP contribution in [0.25, 0.3) is 11.0 Å². The predicted molar refractivity (Wildman–Crippen MR) is 125 cm³/mol. The van der Waals surface area contributed by atoms with Crippen molar-refractivity contribution in [3.8, 4) is 0 Å². The fourth-order valence-electron chi connectivity index (χ4n) is 3.86. The Hall–Kier alpha value is -3.97. The molecule has 7 nitrogen and oxygen atoms in total. The largest absolute Gasteiger partial charge is 0.439 e. The van der Waals surface area contributed by atoms with Gasteiger partial charge in [0.25, 0.3) is 5.69 Å². The molecule has 0 atom stereocenters. The van der Waals surface area contributed by atoms with Crippen molar-refractivity contribution in [2.75, 3.05) is 4.90 Å². The average Bonchev–Trinajstić information content (AvgIpc) is 2.94. The highest BCUT2D eigenvalue weighted by Crippen LogP contribution is 2.41. The minimum absolute atomic E-state index is 0.0846. The second-order valence-electron chi connectivity index (χ2n) is 7.46. The van der Waals surface area contributed by atoms with Gasteiger partial charge in [-0.25, -0.2) is 0 Å². The molecule has 8 heteroatoms. The number of halogens is 1. The van der Waals surface area contributed by atoms with Gasteiger partial charge in [0.2, 0.25) is 11.3 Å². The van der Waals surface area contributed by atoms with Gasteiger partial charge >= 0.3 is 0 Å². The topological polar surface area (TPSA) is 88.9 Å². The number of aliphatic imine (C=N–C) groups is 1. The van der Waals surface area contributed by atoms with E-state index in [2.05, 4.69) is 4.99 Å². The van der Waals surface area contributed by atoms with Crippen LogP contribution in [0.15, 0.2) is 74.9 Å². The normalized spacial score (nSPS) is 12.4. The molecule has 32 heavy (non-hydrogen) atoms. The zero-order valence-corrected chi connectivity index (χ0v) is 17.7. The van der Waals surface area contributed by atoms with E-state index < -0.39 is 4.92 Å². The third kappa shape index (κ3) is 3.23. The minimum atomic E-state index is -0.474. The molecular weight excluding hydrogens is 430 g/mol. The first-order chi connectivity index (χ1) is 15.4. The van der Waals surface area contributed by atoms with E-state index in [9.17, 15) is 14.9 Å². The number of hydrogen-bond donors (Lipinski definition) is 0. The van der Waals surface area contributed by atoms with Crippen molar-refractivity contribution in [1.29, 1.82) is 0 Å². The van der Waals surface area contributed by atoms with Gasteiger partial charge in [0, 0.05) is 23.4 Å². The first-order valence-corrected chi connectivity index (χ1v) is 10.2. The fraction of sp³-hybridized carbons (Fsp3) is 0.0833. The van der Waals surface area contributed by atoms with Gasteiger partial charge in [0.05, 0.1) is 28.2 Å². The number of nitro groups is 1. The standard InChI is InChI=1S/C24H16ClN3O4/c1-14-18(25)8-10-21-22(14)23(29)17-12-26-19-11-16(28(30)31)7-9-20(19)27(24(17)32-21)13-15-5-3-2-4-6-15/h2-12H,13H2,1H3. The molecular formula is C24H16ClN3O4. The highest BCUT2D eigenvalue weighted by atomic mass is 35.5. The van der Waals surface area contributed by atoms with Crippen LogP contribution in [-0.2, 0) is 6.54 Å². The second-order valence-corrected chi connectivity index (χ2v) is 7.86. The molecule has 0 N–H and O–H groups in total. The van der Waals surface area contributed by atoms with E-state index in [1.165, 1.54) is 18.3 Å². The SMILES string of the molecule is Cc1c(Cl)ccc2oc3c(c(=O)c12)C=Nc1cc([N+](=O)[O-])ccc1N3Cc1ccccc1. The summed E-state index contributed by atoms with van der Waals surface area (Å²) in [5.41, 5.74) is 2.90. The van der Waals surface area contributed by atoms with E-state index >= 15 is 0 Å². The molecule has 1 aliphatic rings. The monoisotopic (exact) mass is 445 g/mol. The van der Waals surface area contributed by atoms with E-state index in [1.807, 2.05) is 35.2 Å². The van der Waals surface area contributed by atoms with Crippen molar-refractivity contribution in [3.63, 3.8) is 0 Å². The van der Waals surface area contributed by atoms with Crippen LogP contribution >= 0.6 is 11.6 Å². The van der Waals surface area contributed by atoms with Crippen molar-refractivity contribution in [2.45, 2.75) is 13.5 Å². The molecule has 0 bridgehead atoms. The molecule has 0 saturated heterocycles. The molecule has 4 aromatic rings. The maximum atomic E-state index is 13.5. The number of rotatable bonds is 3. The van der Waals surface area contributed by atoms with Gasteiger partial charge < -0.3 is 9.32 Å². The third-order valence-electron chi connectivity index (χ3n) is 5.49. The van der Waals surface area contributed by atoms with Crippen molar-refractivity contribution < 1.29 is 9.34 Å². The number of benzene rings is 3. The lowest BCUT2D eigenvalue weighted by Gasteiger charge is -2.25. The van der Waals surface area contributed by atoms with Gasteiger partial charge in [-0.3, -0.25) is 19.9 Å². The molecule has 1 aliphatic heterocycles. The van der Waals surface area contributed by atoms with Crippen molar-refractivity contribution in [2.24, 2.45) is 4.99 Å². The zero-order valence-electron chi connectivity index (χ0n) is 16.9. The Balaban J connectivity index is 1.80. The number of hydrogen-bond acceptors (Lipinski definition) is 6. The van der Waals surface area contributed by atoms with Crippen LogP contribution in [0.2, 0.25) is 5.02 Å². The van der Waals surface area contributed by atoms with E-state index in [0.717, 1.165) is 5.56 Å². The molecule has 158 valence electrons. The number of non-ortho nitro benzene ring substituents is 1. The van der Waals surface area contributed by atoms with Gasteiger partial charge in [-0.2, -0.15) is 0 Å². The van der Waals surface area contributed by atoms with Crippen LogP contribution in [0.3, 0.4) is 0 Å². The highest BCUT2D eigenvalue weighted by Gasteiger charge is 2.27. The Morgan fingerprint density at radius 3 is 2.66 bits per heavy atom. The third-order valence-corrected chi connectivity index (χ3v) is 5.90. The summed E-state index contributed by atoms with van der Waals surface area (Å²) in [6.07, 6.45) is 1.41. The molecule has 0 amide bonds. The van der Waals surface area contributed by atoms with E-state index in [0.29, 0.717) is 45.4 Å². The van der Waals surface area contributed by atoms with Crippen LogP contribution in [-0.4, -0.2) is 11.1 Å². The molecule has 0 saturated carbocycles. The van der Waals surface area contributed by atoms with E-state index in [4.69, 9.17) is 16.0 Å². The van der Waals surface area contributed by atoms with E-state index in [1.54, 1.807) is 25.1 Å². The summed E-state index contributed by atoms with van der Waals surface area (Å²) in [6.45, 7) is 2.14. The van der Waals surface area contributed by atoms with Crippen LogP contribution in [0.5, 0.6) is 0 Å².